The highest BCUT2D eigenvalue weighted by atomic mass is 19.1. The quantitative estimate of drug-likeness (QED) is 0.583. The van der Waals surface area contributed by atoms with Crippen molar-refractivity contribution in [3.8, 4) is 17.0 Å². The molecule has 0 fully saturated rings. The lowest BCUT2D eigenvalue weighted by molar-refractivity contribution is 0.209. The molecule has 0 saturated carbocycles. The maximum atomic E-state index is 15.1. The summed E-state index contributed by atoms with van der Waals surface area (Å²) in [7, 11) is 0. The Labute approximate surface area is 160 Å². The van der Waals surface area contributed by atoms with Crippen LogP contribution >= 0.6 is 0 Å². The fraction of sp³-hybridized carbons (Fsp3) is 0.250. The first-order chi connectivity index (χ1) is 13.4. The minimum absolute atomic E-state index is 0.0211. The van der Waals surface area contributed by atoms with Crippen LogP contribution in [0.4, 0.5) is 20.6 Å². The molecule has 3 heterocycles. The van der Waals surface area contributed by atoms with Crippen molar-refractivity contribution in [1.29, 1.82) is 0 Å². The second kappa shape index (κ2) is 6.63. The Morgan fingerprint density at radius 2 is 2.07 bits per heavy atom. The Kier molecular flexibility index (Phi) is 4.26. The fourth-order valence-corrected chi connectivity index (χ4v) is 3.67. The summed E-state index contributed by atoms with van der Waals surface area (Å²) in [6.45, 7) is 4.92. The van der Waals surface area contributed by atoms with E-state index in [0.717, 1.165) is 29.9 Å². The number of fused-ring (bicyclic) bond motifs is 2. The number of benzene rings is 1. The molecule has 2 aromatic heterocycles. The lowest BCUT2D eigenvalue weighted by atomic mass is 9.91. The topological polar surface area (TPSA) is 116 Å². The van der Waals surface area contributed by atoms with Gasteiger partial charge in [0.1, 0.15) is 0 Å². The summed E-state index contributed by atoms with van der Waals surface area (Å²) in [5.41, 5.74) is 14.9. The highest BCUT2D eigenvalue weighted by Gasteiger charge is 2.23. The lowest BCUT2D eigenvalue weighted by Gasteiger charge is -2.26. The Balaban J connectivity index is 1.91. The first-order valence-electron chi connectivity index (χ1n) is 8.95. The number of nitrogens with one attached hydrogen (secondary N) is 1. The molecule has 1 unspecified atom stereocenters. The van der Waals surface area contributed by atoms with Crippen molar-refractivity contribution in [2.75, 3.05) is 17.6 Å². The minimum atomic E-state index is -0.975. The molecule has 7 nitrogen and oxygen atoms in total. The summed E-state index contributed by atoms with van der Waals surface area (Å²) in [5, 5.41) is 4.38. The number of nitrogens with zero attached hydrogens (tertiary/aromatic N) is 2. The van der Waals surface area contributed by atoms with E-state index in [4.69, 9.17) is 16.2 Å². The van der Waals surface area contributed by atoms with E-state index in [2.05, 4.69) is 22.2 Å². The summed E-state index contributed by atoms with van der Waals surface area (Å²) >= 11 is 0. The van der Waals surface area contributed by atoms with E-state index < -0.39 is 11.9 Å². The number of nitrogen functional groups attached to an aromatic ring is 1. The van der Waals surface area contributed by atoms with Crippen LogP contribution in [0, 0.1) is 12.7 Å². The number of amides is 1. The number of ether oxygens (including phenoxy) is 1. The van der Waals surface area contributed by atoms with Gasteiger partial charge in [0.05, 0.1) is 17.1 Å². The average Bonchev–Trinajstić information content (AvgIpc) is 2.65. The van der Waals surface area contributed by atoms with E-state index >= 15 is 4.39 Å². The SMILES string of the molecule is Cc1c(-c2cc3cc(OC(N)=O)ncc3c(N)c2F)cnc2c1NCCC2C. The van der Waals surface area contributed by atoms with Gasteiger partial charge in [0, 0.05) is 47.4 Å². The molecular weight excluding hydrogens is 361 g/mol. The van der Waals surface area contributed by atoms with Crippen molar-refractivity contribution in [3.63, 3.8) is 0 Å². The van der Waals surface area contributed by atoms with Gasteiger partial charge < -0.3 is 21.5 Å². The normalized spacial score (nSPS) is 15.8. The molecule has 1 aliphatic heterocycles. The van der Waals surface area contributed by atoms with Crippen LogP contribution in [-0.4, -0.2) is 22.6 Å². The van der Waals surface area contributed by atoms with Crippen LogP contribution < -0.4 is 21.5 Å². The summed E-state index contributed by atoms with van der Waals surface area (Å²) in [4.78, 5) is 19.5. The molecule has 1 atom stereocenters. The predicted octanol–water partition coefficient (Wildman–Crippen LogP) is 3.70. The van der Waals surface area contributed by atoms with Gasteiger partial charge in [-0.05, 0) is 30.4 Å². The Hall–Kier alpha value is -3.42. The molecule has 8 heteroatoms. The van der Waals surface area contributed by atoms with E-state index in [1.165, 1.54) is 12.3 Å². The number of halogens is 1. The van der Waals surface area contributed by atoms with Crippen LogP contribution in [-0.2, 0) is 0 Å². The van der Waals surface area contributed by atoms with E-state index in [0.29, 0.717) is 27.8 Å². The third kappa shape index (κ3) is 2.87. The molecule has 0 bridgehead atoms. The number of hydrogen-bond acceptors (Lipinski definition) is 6. The van der Waals surface area contributed by atoms with Crippen molar-refractivity contribution in [2.45, 2.75) is 26.2 Å². The van der Waals surface area contributed by atoms with Gasteiger partial charge in [-0.15, -0.1) is 0 Å². The van der Waals surface area contributed by atoms with Crippen molar-refractivity contribution in [2.24, 2.45) is 5.73 Å². The largest absolute Gasteiger partial charge is 0.411 e. The van der Waals surface area contributed by atoms with E-state index in [9.17, 15) is 4.79 Å². The molecule has 0 saturated heterocycles. The zero-order valence-electron chi connectivity index (χ0n) is 15.5. The Bertz CT molecular complexity index is 1120. The first-order valence-corrected chi connectivity index (χ1v) is 8.95. The number of carbonyl (C=O) groups excluding carboxylic acids is 1. The summed E-state index contributed by atoms with van der Waals surface area (Å²) in [5.74, 6) is -0.172. The molecule has 0 spiro atoms. The number of nitrogens with two attached hydrogens (primary N) is 2. The summed E-state index contributed by atoms with van der Waals surface area (Å²) < 4.78 is 19.9. The summed E-state index contributed by atoms with van der Waals surface area (Å²) in [6.07, 6.45) is 3.07. The van der Waals surface area contributed by atoms with Crippen LogP contribution in [0.5, 0.6) is 5.88 Å². The maximum absolute atomic E-state index is 15.1. The number of carbonyl (C=O) groups is 1. The van der Waals surface area contributed by atoms with Crippen molar-refractivity contribution < 1.29 is 13.9 Å². The van der Waals surface area contributed by atoms with E-state index in [1.807, 2.05) is 6.92 Å². The fourth-order valence-electron chi connectivity index (χ4n) is 3.67. The van der Waals surface area contributed by atoms with Gasteiger partial charge in [0.15, 0.2) is 5.82 Å². The highest BCUT2D eigenvalue weighted by Crippen LogP contribution is 2.40. The van der Waals surface area contributed by atoms with Crippen LogP contribution in [0.25, 0.3) is 21.9 Å². The number of hydrogen-bond donors (Lipinski definition) is 3. The molecule has 1 amide bonds. The molecule has 1 aliphatic rings. The second-order valence-electron chi connectivity index (χ2n) is 6.99. The van der Waals surface area contributed by atoms with E-state index in [1.54, 1.807) is 12.3 Å². The van der Waals surface area contributed by atoms with Gasteiger partial charge in [-0.25, -0.2) is 14.2 Å². The Morgan fingerprint density at radius 1 is 1.29 bits per heavy atom. The molecular formula is C20H20FN5O2. The van der Waals surface area contributed by atoms with Gasteiger partial charge in [0.25, 0.3) is 0 Å². The molecule has 5 N–H and O–H groups in total. The number of aromatic nitrogens is 2. The van der Waals surface area contributed by atoms with Crippen LogP contribution in [0.3, 0.4) is 0 Å². The van der Waals surface area contributed by atoms with Crippen molar-refractivity contribution in [3.05, 3.63) is 41.6 Å². The van der Waals surface area contributed by atoms with Gasteiger partial charge in [-0.2, -0.15) is 0 Å². The third-order valence-electron chi connectivity index (χ3n) is 5.18. The minimum Gasteiger partial charge on any atom is -0.396 e. The monoisotopic (exact) mass is 381 g/mol. The van der Waals surface area contributed by atoms with Gasteiger partial charge in [-0.3, -0.25) is 4.98 Å². The molecule has 144 valence electrons. The average molecular weight is 381 g/mol. The highest BCUT2D eigenvalue weighted by molar-refractivity contribution is 5.98. The molecule has 3 aromatic rings. The van der Waals surface area contributed by atoms with Crippen molar-refractivity contribution >= 4 is 28.2 Å². The van der Waals surface area contributed by atoms with Crippen LogP contribution in [0.15, 0.2) is 24.5 Å². The van der Waals surface area contributed by atoms with Gasteiger partial charge in [-0.1, -0.05) is 6.92 Å². The summed E-state index contributed by atoms with van der Waals surface area (Å²) in [6, 6.07) is 3.15. The number of pyridine rings is 2. The maximum Gasteiger partial charge on any atom is 0.411 e. The smallest absolute Gasteiger partial charge is 0.396 e. The van der Waals surface area contributed by atoms with Gasteiger partial charge >= 0.3 is 6.09 Å². The van der Waals surface area contributed by atoms with Crippen LogP contribution in [0.2, 0.25) is 0 Å². The van der Waals surface area contributed by atoms with E-state index in [-0.39, 0.29) is 11.6 Å². The number of primary amides is 1. The Morgan fingerprint density at radius 3 is 2.82 bits per heavy atom. The molecule has 28 heavy (non-hydrogen) atoms. The van der Waals surface area contributed by atoms with Crippen LogP contribution in [0.1, 0.15) is 30.5 Å². The standard InChI is InChI=1S/C20H20FN5O2/c1-9-3-4-24-19-10(2)13(7-26-18(9)19)12-5-11-6-15(28-20(23)27)25-8-14(11)17(22)16(12)21/h5-9,24H,3-4,22H2,1-2H3,(H2,23,27). The predicted molar refractivity (Wildman–Crippen MR) is 106 cm³/mol. The first kappa shape index (κ1) is 18.0. The second-order valence-corrected chi connectivity index (χ2v) is 6.99. The number of rotatable bonds is 2. The van der Waals surface area contributed by atoms with Gasteiger partial charge in [0.2, 0.25) is 5.88 Å². The molecule has 1 aromatic carbocycles. The zero-order chi connectivity index (χ0) is 20.0. The molecule has 0 aliphatic carbocycles. The zero-order valence-corrected chi connectivity index (χ0v) is 15.5. The third-order valence-corrected chi connectivity index (χ3v) is 5.18. The van der Waals surface area contributed by atoms with Crippen molar-refractivity contribution in [1.82, 2.24) is 9.97 Å². The lowest BCUT2D eigenvalue weighted by Crippen LogP contribution is -2.18. The number of anilines is 2. The molecule has 0 radical (unpaired) electrons. The molecule has 4 rings (SSSR count).